The number of nitrogens with zero attached hydrogens (tertiary/aromatic N) is 1. The van der Waals surface area contributed by atoms with E-state index in [0.717, 1.165) is 39.0 Å². The predicted octanol–water partition coefficient (Wildman–Crippen LogP) is -0.138. The fourth-order valence-electron chi connectivity index (χ4n) is 5.01. The molecular weight excluding hydrogens is 387 g/mol. The molecule has 152 valence electrons. The molecule has 5 N–H and O–H groups in total. The summed E-state index contributed by atoms with van der Waals surface area (Å²) in [5.41, 5.74) is 6.46. The van der Waals surface area contributed by atoms with Gasteiger partial charge in [0.2, 0.25) is 0 Å². The van der Waals surface area contributed by atoms with Gasteiger partial charge in [0.15, 0.2) is 6.61 Å². The molecule has 5 aliphatic rings. The highest BCUT2D eigenvalue weighted by Gasteiger charge is 2.69. The van der Waals surface area contributed by atoms with Crippen molar-refractivity contribution in [2.75, 3.05) is 26.4 Å². The number of hydrogen-bond acceptors (Lipinski definition) is 7. The van der Waals surface area contributed by atoms with Crippen LogP contribution < -0.4 is 31.5 Å². The Kier molecular flexibility index (Phi) is 4.49. The van der Waals surface area contributed by atoms with Gasteiger partial charge in [-0.1, -0.05) is 11.6 Å². The lowest BCUT2D eigenvalue weighted by molar-refractivity contribution is -0.147. The van der Waals surface area contributed by atoms with Gasteiger partial charge in [-0.2, -0.15) is 0 Å². The summed E-state index contributed by atoms with van der Waals surface area (Å²) in [6.07, 6.45) is 3.17. The molecule has 2 unspecified atom stereocenters. The number of amides is 1. The number of benzene rings is 1. The molecule has 8 nitrogen and oxygen atoms in total. The van der Waals surface area contributed by atoms with Crippen LogP contribution in [0.3, 0.4) is 0 Å². The van der Waals surface area contributed by atoms with E-state index < -0.39 is 5.82 Å². The minimum Gasteiger partial charge on any atom is -0.484 e. The number of carbonyl (C=O) groups excluding carboxylic acids is 1. The number of halogens is 2. The first-order valence-electron chi connectivity index (χ1n) is 9.58. The van der Waals surface area contributed by atoms with Crippen molar-refractivity contribution in [3.8, 4) is 5.75 Å². The summed E-state index contributed by atoms with van der Waals surface area (Å²) < 4.78 is 18.8. The molecule has 2 saturated heterocycles. The van der Waals surface area contributed by atoms with Crippen LogP contribution in [-0.2, 0) is 4.79 Å². The van der Waals surface area contributed by atoms with Crippen LogP contribution in [0.1, 0.15) is 19.3 Å². The molecule has 5 fully saturated rings. The number of hydrazine groups is 1. The van der Waals surface area contributed by atoms with E-state index in [-0.39, 0.29) is 40.9 Å². The maximum Gasteiger partial charge on any atom is 0.258 e. The van der Waals surface area contributed by atoms with Gasteiger partial charge < -0.3 is 10.1 Å². The Hall–Kier alpha value is -1.49. The number of carbonyl (C=O) groups is 1. The van der Waals surface area contributed by atoms with E-state index in [1.165, 1.54) is 12.1 Å². The average Bonchev–Trinajstić information content (AvgIpc) is 3.09. The number of piperazine rings is 1. The van der Waals surface area contributed by atoms with Crippen molar-refractivity contribution < 1.29 is 13.9 Å². The summed E-state index contributed by atoms with van der Waals surface area (Å²) in [4.78, 5) is 14.6. The average molecular weight is 411 g/mol. The van der Waals surface area contributed by atoms with Crippen LogP contribution >= 0.6 is 11.6 Å². The molecule has 10 heteroatoms. The molecule has 28 heavy (non-hydrogen) atoms. The lowest BCUT2D eigenvalue weighted by atomic mass is 9.44. The van der Waals surface area contributed by atoms with Gasteiger partial charge in [0, 0.05) is 30.2 Å². The van der Waals surface area contributed by atoms with Crippen LogP contribution in [0.2, 0.25) is 5.02 Å². The van der Waals surface area contributed by atoms with Gasteiger partial charge in [0.25, 0.3) is 5.91 Å². The van der Waals surface area contributed by atoms with Crippen LogP contribution in [-0.4, -0.2) is 60.6 Å². The molecular formula is C18H24ClFN6O2. The zero-order valence-corrected chi connectivity index (χ0v) is 16.1. The highest BCUT2D eigenvalue weighted by Crippen LogP contribution is 2.60. The van der Waals surface area contributed by atoms with Crippen LogP contribution in [0.15, 0.2) is 18.2 Å². The Morgan fingerprint density at radius 1 is 1.36 bits per heavy atom. The smallest absolute Gasteiger partial charge is 0.258 e. The third-order valence-corrected chi connectivity index (χ3v) is 6.47. The molecule has 1 amide bonds. The SMILES string of the molecule is O=C(COc1ccc(Cl)c(F)c1)NC12CC(NC3NCCN4CNNC34)(C1)C2. The second kappa shape index (κ2) is 6.79. The molecule has 1 aromatic rings. The Morgan fingerprint density at radius 3 is 2.96 bits per heavy atom. The Balaban J connectivity index is 1.08. The van der Waals surface area contributed by atoms with Crippen molar-refractivity contribution in [2.24, 2.45) is 0 Å². The zero-order valence-electron chi connectivity index (χ0n) is 15.4. The molecule has 0 spiro atoms. The molecule has 0 aromatic heterocycles. The standard InChI is InChI=1S/C18H24ClFN6O2/c19-12-2-1-11(5-13(12)20)28-6-14(27)23-17-7-18(8-17,9-17)24-15-16-25-22-10-26(16)4-3-21-15/h1-2,5,15-16,21-22,24-25H,3-4,6-10H2,(H,23,27). The number of rotatable bonds is 6. The number of fused-ring (bicyclic) bond motifs is 1. The second-order valence-electron chi connectivity index (χ2n) is 8.32. The Labute approximate surface area is 167 Å². The summed E-state index contributed by atoms with van der Waals surface area (Å²) >= 11 is 5.64. The molecule has 3 aliphatic carbocycles. The van der Waals surface area contributed by atoms with E-state index in [4.69, 9.17) is 16.3 Å². The molecule has 6 rings (SSSR count). The summed E-state index contributed by atoms with van der Waals surface area (Å²) in [6, 6.07) is 4.14. The van der Waals surface area contributed by atoms with Crippen molar-refractivity contribution >= 4 is 17.5 Å². The lowest BCUT2D eigenvalue weighted by Crippen LogP contribution is -2.86. The summed E-state index contributed by atoms with van der Waals surface area (Å²) in [7, 11) is 0. The minimum absolute atomic E-state index is 0.0302. The maximum atomic E-state index is 13.4. The molecule has 3 saturated carbocycles. The van der Waals surface area contributed by atoms with Gasteiger partial charge in [-0.15, -0.1) is 0 Å². The fraction of sp³-hybridized carbons (Fsp3) is 0.611. The molecule has 2 heterocycles. The van der Waals surface area contributed by atoms with Crippen molar-refractivity contribution in [3.05, 3.63) is 29.0 Å². The van der Waals surface area contributed by atoms with Gasteiger partial charge >= 0.3 is 0 Å². The van der Waals surface area contributed by atoms with E-state index in [1.54, 1.807) is 6.07 Å². The van der Waals surface area contributed by atoms with Crippen LogP contribution in [0.25, 0.3) is 0 Å². The van der Waals surface area contributed by atoms with E-state index in [9.17, 15) is 9.18 Å². The summed E-state index contributed by atoms with van der Waals surface area (Å²) in [6.45, 7) is 2.70. The Morgan fingerprint density at radius 2 is 2.18 bits per heavy atom. The normalized spacial score (nSPS) is 36.2. The first-order valence-corrected chi connectivity index (χ1v) is 9.96. The highest BCUT2D eigenvalue weighted by atomic mass is 35.5. The minimum atomic E-state index is -0.561. The van der Waals surface area contributed by atoms with E-state index >= 15 is 0 Å². The van der Waals surface area contributed by atoms with Gasteiger partial charge in [0.1, 0.15) is 17.7 Å². The highest BCUT2D eigenvalue weighted by molar-refractivity contribution is 6.30. The lowest BCUT2D eigenvalue weighted by Gasteiger charge is -2.71. The third-order valence-electron chi connectivity index (χ3n) is 6.16. The van der Waals surface area contributed by atoms with E-state index in [0.29, 0.717) is 5.75 Å². The predicted molar refractivity (Wildman–Crippen MR) is 101 cm³/mol. The molecule has 0 radical (unpaired) electrons. The first-order chi connectivity index (χ1) is 13.5. The van der Waals surface area contributed by atoms with Gasteiger partial charge in [-0.05, 0) is 31.4 Å². The van der Waals surface area contributed by atoms with E-state index in [1.807, 2.05) is 0 Å². The number of ether oxygens (including phenoxy) is 1. The largest absolute Gasteiger partial charge is 0.484 e. The van der Waals surface area contributed by atoms with Crippen molar-refractivity contribution in [2.45, 2.75) is 42.7 Å². The van der Waals surface area contributed by atoms with Crippen LogP contribution in [0.4, 0.5) is 4.39 Å². The number of nitrogens with one attached hydrogen (secondary N) is 5. The summed E-state index contributed by atoms with van der Waals surface area (Å²) in [5, 5.41) is 10.4. The topological polar surface area (TPSA) is 89.7 Å². The Bertz CT molecular complexity index is 776. The first kappa shape index (κ1) is 18.5. The maximum absolute atomic E-state index is 13.4. The van der Waals surface area contributed by atoms with Crippen molar-refractivity contribution in [1.29, 1.82) is 0 Å². The van der Waals surface area contributed by atoms with Crippen LogP contribution in [0.5, 0.6) is 5.75 Å². The fourth-order valence-corrected chi connectivity index (χ4v) is 5.13. The van der Waals surface area contributed by atoms with E-state index in [2.05, 4.69) is 31.7 Å². The van der Waals surface area contributed by atoms with Gasteiger partial charge in [-0.3, -0.25) is 20.3 Å². The third kappa shape index (κ3) is 3.26. The monoisotopic (exact) mass is 410 g/mol. The number of hydrogen-bond donors (Lipinski definition) is 5. The quantitative estimate of drug-likeness (QED) is 0.446. The van der Waals surface area contributed by atoms with Gasteiger partial charge in [0.05, 0.1) is 17.9 Å². The summed E-state index contributed by atoms with van der Waals surface area (Å²) in [5.74, 6) is -0.459. The van der Waals surface area contributed by atoms with Crippen molar-refractivity contribution in [1.82, 2.24) is 31.7 Å². The molecule has 2 aliphatic heterocycles. The zero-order chi connectivity index (χ0) is 19.4. The second-order valence-corrected chi connectivity index (χ2v) is 8.72. The van der Waals surface area contributed by atoms with Crippen LogP contribution in [0, 0.1) is 5.82 Å². The van der Waals surface area contributed by atoms with Crippen molar-refractivity contribution in [3.63, 3.8) is 0 Å². The van der Waals surface area contributed by atoms with Gasteiger partial charge in [-0.25, -0.2) is 15.2 Å². The molecule has 1 aromatic carbocycles. The molecule has 2 atom stereocenters. The molecule has 2 bridgehead atoms.